The summed E-state index contributed by atoms with van der Waals surface area (Å²) >= 11 is 0. The molecule has 0 radical (unpaired) electrons. The highest BCUT2D eigenvalue weighted by atomic mass is 14.9. The van der Waals surface area contributed by atoms with Gasteiger partial charge in [0.25, 0.3) is 0 Å². The SMILES string of the molecule is CCNC(C)C1CCC(C)(C)c2ccccc21. The first kappa shape index (κ1) is 12.6. The van der Waals surface area contributed by atoms with Gasteiger partial charge in [0, 0.05) is 6.04 Å². The van der Waals surface area contributed by atoms with Crippen LogP contribution in [0.25, 0.3) is 0 Å². The summed E-state index contributed by atoms with van der Waals surface area (Å²) in [7, 11) is 0. The number of benzene rings is 1. The molecule has 17 heavy (non-hydrogen) atoms. The van der Waals surface area contributed by atoms with Crippen LogP contribution in [0, 0.1) is 0 Å². The van der Waals surface area contributed by atoms with Crippen LogP contribution in [0.15, 0.2) is 24.3 Å². The van der Waals surface area contributed by atoms with Crippen molar-refractivity contribution in [3.8, 4) is 0 Å². The molecule has 2 rings (SSSR count). The highest BCUT2D eigenvalue weighted by Crippen LogP contribution is 2.43. The lowest BCUT2D eigenvalue weighted by Gasteiger charge is -2.39. The number of nitrogens with one attached hydrogen (secondary N) is 1. The molecule has 0 saturated carbocycles. The van der Waals surface area contributed by atoms with E-state index < -0.39 is 0 Å². The number of hydrogen-bond acceptors (Lipinski definition) is 1. The van der Waals surface area contributed by atoms with Crippen LogP contribution in [-0.4, -0.2) is 12.6 Å². The van der Waals surface area contributed by atoms with E-state index in [1.54, 1.807) is 11.1 Å². The molecule has 2 atom stereocenters. The Morgan fingerprint density at radius 1 is 1.35 bits per heavy atom. The predicted octanol–water partition coefficient (Wildman–Crippen LogP) is 3.84. The van der Waals surface area contributed by atoms with Crippen molar-refractivity contribution < 1.29 is 0 Å². The summed E-state index contributed by atoms with van der Waals surface area (Å²) in [6.07, 6.45) is 2.60. The molecule has 0 aromatic heterocycles. The minimum atomic E-state index is 0.346. The van der Waals surface area contributed by atoms with E-state index in [-0.39, 0.29) is 0 Å². The van der Waals surface area contributed by atoms with Crippen LogP contribution in [0.2, 0.25) is 0 Å². The zero-order valence-corrected chi connectivity index (χ0v) is 11.6. The predicted molar refractivity (Wildman–Crippen MR) is 74.6 cm³/mol. The molecule has 1 aromatic rings. The van der Waals surface area contributed by atoms with Crippen LogP contribution in [-0.2, 0) is 5.41 Å². The van der Waals surface area contributed by atoms with Crippen molar-refractivity contribution in [2.75, 3.05) is 6.54 Å². The Morgan fingerprint density at radius 3 is 2.76 bits per heavy atom. The molecule has 0 aliphatic heterocycles. The molecule has 2 unspecified atom stereocenters. The molecule has 1 aliphatic rings. The summed E-state index contributed by atoms with van der Waals surface area (Å²) < 4.78 is 0. The molecule has 1 aromatic carbocycles. The Labute approximate surface area is 106 Å². The van der Waals surface area contributed by atoms with Gasteiger partial charge in [-0.25, -0.2) is 0 Å². The largest absolute Gasteiger partial charge is 0.314 e. The van der Waals surface area contributed by atoms with Gasteiger partial charge in [0.05, 0.1) is 0 Å². The first-order valence-corrected chi connectivity index (χ1v) is 6.89. The number of likely N-dealkylation sites (N-methyl/N-ethyl adjacent to an activating group) is 1. The molecular formula is C16H25N. The van der Waals surface area contributed by atoms with Crippen molar-refractivity contribution in [1.29, 1.82) is 0 Å². The number of hydrogen-bond donors (Lipinski definition) is 1. The molecule has 0 spiro atoms. The summed E-state index contributed by atoms with van der Waals surface area (Å²) in [4.78, 5) is 0. The van der Waals surface area contributed by atoms with E-state index in [0.717, 1.165) is 6.54 Å². The van der Waals surface area contributed by atoms with Crippen molar-refractivity contribution in [1.82, 2.24) is 5.32 Å². The van der Waals surface area contributed by atoms with Gasteiger partial charge in [-0.15, -0.1) is 0 Å². The monoisotopic (exact) mass is 231 g/mol. The zero-order chi connectivity index (χ0) is 12.5. The van der Waals surface area contributed by atoms with E-state index in [4.69, 9.17) is 0 Å². The summed E-state index contributed by atoms with van der Waals surface area (Å²) in [5, 5.41) is 3.58. The first-order chi connectivity index (χ1) is 8.06. The van der Waals surface area contributed by atoms with Crippen LogP contribution in [0.4, 0.5) is 0 Å². The molecule has 1 heteroatoms. The minimum absolute atomic E-state index is 0.346. The standard InChI is InChI=1S/C16H25N/c1-5-17-12(2)13-10-11-16(3,4)15-9-7-6-8-14(13)15/h6-9,12-13,17H,5,10-11H2,1-4H3. The number of rotatable bonds is 3. The molecular weight excluding hydrogens is 206 g/mol. The minimum Gasteiger partial charge on any atom is -0.314 e. The van der Waals surface area contributed by atoms with E-state index >= 15 is 0 Å². The maximum atomic E-state index is 3.58. The normalized spacial score (nSPS) is 24.1. The van der Waals surface area contributed by atoms with Crippen molar-refractivity contribution in [3.63, 3.8) is 0 Å². The van der Waals surface area contributed by atoms with Gasteiger partial charge >= 0.3 is 0 Å². The second kappa shape index (κ2) is 4.81. The fourth-order valence-electron chi connectivity index (χ4n) is 3.23. The Hall–Kier alpha value is -0.820. The van der Waals surface area contributed by atoms with Crippen LogP contribution in [0.5, 0.6) is 0 Å². The fraction of sp³-hybridized carbons (Fsp3) is 0.625. The van der Waals surface area contributed by atoms with Crippen molar-refractivity contribution in [2.45, 2.75) is 57.9 Å². The molecule has 0 bridgehead atoms. The topological polar surface area (TPSA) is 12.0 Å². The van der Waals surface area contributed by atoms with Crippen LogP contribution >= 0.6 is 0 Å². The van der Waals surface area contributed by atoms with Crippen molar-refractivity contribution in [3.05, 3.63) is 35.4 Å². The summed E-state index contributed by atoms with van der Waals surface area (Å²) in [6, 6.07) is 9.60. The Kier molecular flexibility index (Phi) is 3.58. The molecule has 1 N–H and O–H groups in total. The van der Waals surface area contributed by atoms with Gasteiger partial charge in [-0.1, -0.05) is 45.0 Å². The van der Waals surface area contributed by atoms with Crippen LogP contribution in [0.3, 0.4) is 0 Å². The van der Waals surface area contributed by atoms with Gasteiger partial charge in [-0.3, -0.25) is 0 Å². The lowest BCUT2D eigenvalue weighted by molar-refractivity contribution is 0.346. The highest BCUT2D eigenvalue weighted by molar-refractivity contribution is 5.39. The second-order valence-electron chi connectivity index (χ2n) is 5.96. The average Bonchev–Trinajstić information content (AvgIpc) is 2.29. The van der Waals surface area contributed by atoms with E-state index in [0.29, 0.717) is 17.4 Å². The molecule has 0 amide bonds. The summed E-state index contributed by atoms with van der Waals surface area (Å²) in [6.45, 7) is 10.3. The second-order valence-corrected chi connectivity index (χ2v) is 5.96. The summed E-state index contributed by atoms with van der Waals surface area (Å²) in [5.41, 5.74) is 3.47. The van der Waals surface area contributed by atoms with Gasteiger partial charge in [0.1, 0.15) is 0 Å². The Morgan fingerprint density at radius 2 is 2.06 bits per heavy atom. The van der Waals surface area contributed by atoms with Gasteiger partial charge in [-0.2, -0.15) is 0 Å². The average molecular weight is 231 g/mol. The maximum Gasteiger partial charge on any atom is 0.0107 e. The smallest absolute Gasteiger partial charge is 0.0107 e. The molecule has 0 heterocycles. The lowest BCUT2D eigenvalue weighted by atomic mass is 9.67. The summed E-state index contributed by atoms with van der Waals surface area (Å²) in [5.74, 6) is 0.680. The van der Waals surface area contributed by atoms with E-state index in [9.17, 15) is 0 Å². The zero-order valence-electron chi connectivity index (χ0n) is 11.6. The third-order valence-corrected chi connectivity index (χ3v) is 4.30. The van der Waals surface area contributed by atoms with E-state index in [2.05, 4.69) is 57.3 Å². The molecule has 1 nitrogen and oxygen atoms in total. The fourth-order valence-corrected chi connectivity index (χ4v) is 3.23. The van der Waals surface area contributed by atoms with E-state index in [1.165, 1.54) is 12.8 Å². The van der Waals surface area contributed by atoms with E-state index in [1.807, 2.05) is 0 Å². The van der Waals surface area contributed by atoms with Crippen LogP contribution < -0.4 is 5.32 Å². The van der Waals surface area contributed by atoms with Crippen molar-refractivity contribution >= 4 is 0 Å². The Balaban J connectivity index is 2.35. The number of fused-ring (bicyclic) bond motifs is 1. The van der Waals surface area contributed by atoms with Gasteiger partial charge < -0.3 is 5.32 Å². The van der Waals surface area contributed by atoms with Gasteiger partial charge in [0.15, 0.2) is 0 Å². The van der Waals surface area contributed by atoms with Gasteiger partial charge in [-0.05, 0) is 48.8 Å². The molecule has 94 valence electrons. The first-order valence-electron chi connectivity index (χ1n) is 6.89. The quantitative estimate of drug-likeness (QED) is 0.833. The lowest BCUT2D eigenvalue weighted by Crippen LogP contribution is -2.37. The third-order valence-electron chi connectivity index (χ3n) is 4.30. The molecule has 0 saturated heterocycles. The maximum absolute atomic E-state index is 3.58. The van der Waals surface area contributed by atoms with Crippen LogP contribution in [0.1, 0.15) is 57.6 Å². The highest BCUT2D eigenvalue weighted by Gasteiger charge is 2.34. The van der Waals surface area contributed by atoms with Crippen molar-refractivity contribution in [2.24, 2.45) is 0 Å². The Bertz CT molecular complexity index is 381. The van der Waals surface area contributed by atoms with Gasteiger partial charge in [0.2, 0.25) is 0 Å². The molecule has 1 aliphatic carbocycles. The third kappa shape index (κ3) is 2.40. The molecule has 0 fully saturated rings.